The van der Waals surface area contributed by atoms with Crippen LogP contribution in [0, 0.1) is 0 Å². The summed E-state index contributed by atoms with van der Waals surface area (Å²) in [5.74, 6) is -0.940. The van der Waals surface area contributed by atoms with Crippen molar-refractivity contribution in [2.45, 2.75) is 19.1 Å². The maximum Gasteiger partial charge on any atom is 0.337 e. The highest BCUT2D eigenvalue weighted by Crippen LogP contribution is 2.25. The van der Waals surface area contributed by atoms with Gasteiger partial charge in [-0.1, -0.05) is 12.1 Å². The first-order valence-electron chi connectivity index (χ1n) is 5.95. The molecular formula is C13H17NO4. The molecule has 98 valence electrons. The van der Waals surface area contributed by atoms with Gasteiger partial charge in [-0.3, -0.25) is 0 Å². The van der Waals surface area contributed by atoms with E-state index in [9.17, 15) is 9.90 Å². The Morgan fingerprint density at radius 3 is 2.89 bits per heavy atom. The van der Waals surface area contributed by atoms with Gasteiger partial charge in [0.2, 0.25) is 0 Å². The lowest BCUT2D eigenvalue weighted by molar-refractivity contribution is -0.0104. The zero-order valence-electron chi connectivity index (χ0n) is 10.2. The Morgan fingerprint density at radius 2 is 2.22 bits per heavy atom. The number of aliphatic hydroxyl groups is 1. The Bertz CT molecular complexity index is 435. The van der Waals surface area contributed by atoms with Crippen LogP contribution in [0.1, 0.15) is 17.3 Å². The molecule has 0 amide bonds. The largest absolute Gasteiger partial charge is 0.478 e. The van der Waals surface area contributed by atoms with Gasteiger partial charge in [0.15, 0.2) is 0 Å². The third kappa shape index (κ3) is 2.47. The van der Waals surface area contributed by atoms with Gasteiger partial charge in [-0.05, 0) is 19.1 Å². The van der Waals surface area contributed by atoms with Gasteiger partial charge in [0.1, 0.15) is 0 Å². The normalized spacial score (nSPS) is 24.0. The summed E-state index contributed by atoms with van der Waals surface area (Å²) >= 11 is 0. The molecular weight excluding hydrogens is 234 g/mol. The second-order valence-electron chi connectivity index (χ2n) is 4.46. The number of carboxylic acids is 1. The molecule has 1 aromatic rings. The highest BCUT2D eigenvalue weighted by molar-refractivity contribution is 5.94. The molecule has 2 atom stereocenters. The molecule has 2 unspecified atom stereocenters. The first kappa shape index (κ1) is 12.9. The molecule has 0 bridgehead atoms. The van der Waals surface area contributed by atoms with Crippen molar-refractivity contribution in [2.24, 2.45) is 0 Å². The minimum atomic E-state index is -0.940. The van der Waals surface area contributed by atoms with E-state index >= 15 is 0 Å². The zero-order valence-corrected chi connectivity index (χ0v) is 10.2. The number of nitrogens with zero attached hydrogens (tertiary/aromatic N) is 1. The first-order valence-corrected chi connectivity index (χ1v) is 5.95. The number of carbonyl (C=O) groups is 1. The molecule has 0 radical (unpaired) electrons. The van der Waals surface area contributed by atoms with Crippen molar-refractivity contribution in [3.05, 3.63) is 29.8 Å². The van der Waals surface area contributed by atoms with E-state index in [0.717, 1.165) is 0 Å². The van der Waals surface area contributed by atoms with Gasteiger partial charge in [-0.2, -0.15) is 0 Å². The van der Waals surface area contributed by atoms with Crippen molar-refractivity contribution >= 4 is 11.7 Å². The molecule has 2 rings (SSSR count). The molecule has 1 aliphatic heterocycles. The van der Waals surface area contributed by atoms with Gasteiger partial charge < -0.3 is 19.8 Å². The minimum absolute atomic E-state index is 0.0571. The van der Waals surface area contributed by atoms with Crippen molar-refractivity contribution in [1.82, 2.24) is 0 Å². The Labute approximate surface area is 106 Å². The molecule has 5 nitrogen and oxygen atoms in total. The van der Waals surface area contributed by atoms with E-state index in [0.29, 0.717) is 18.8 Å². The lowest BCUT2D eigenvalue weighted by atomic mass is 10.1. The number of aliphatic hydroxyl groups excluding tert-OH is 1. The number of morpholine rings is 1. The molecule has 0 spiro atoms. The predicted octanol–water partition coefficient (Wildman–Crippen LogP) is 0.971. The smallest absolute Gasteiger partial charge is 0.337 e. The summed E-state index contributed by atoms with van der Waals surface area (Å²) in [6.07, 6.45) is -0.261. The van der Waals surface area contributed by atoms with Crippen LogP contribution in [0.2, 0.25) is 0 Å². The summed E-state index contributed by atoms with van der Waals surface area (Å²) in [4.78, 5) is 13.2. The number of aromatic carboxylic acids is 1. The number of hydrogen-bond acceptors (Lipinski definition) is 4. The van der Waals surface area contributed by atoms with E-state index in [1.54, 1.807) is 18.2 Å². The van der Waals surface area contributed by atoms with Crippen LogP contribution in [-0.2, 0) is 4.74 Å². The second kappa shape index (κ2) is 5.37. The molecule has 0 aliphatic carbocycles. The van der Waals surface area contributed by atoms with Gasteiger partial charge in [0, 0.05) is 12.6 Å². The number of anilines is 1. The molecule has 1 heterocycles. The number of para-hydroxylation sites is 1. The average Bonchev–Trinajstić information content (AvgIpc) is 2.39. The summed E-state index contributed by atoms with van der Waals surface area (Å²) in [7, 11) is 0. The van der Waals surface area contributed by atoms with E-state index < -0.39 is 5.97 Å². The number of hydrogen-bond donors (Lipinski definition) is 2. The van der Waals surface area contributed by atoms with Gasteiger partial charge in [-0.25, -0.2) is 4.79 Å². The van der Waals surface area contributed by atoms with Crippen LogP contribution in [0.3, 0.4) is 0 Å². The van der Waals surface area contributed by atoms with Crippen molar-refractivity contribution in [2.75, 3.05) is 24.7 Å². The fraction of sp³-hybridized carbons (Fsp3) is 0.462. The Kier molecular flexibility index (Phi) is 3.84. The van der Waals surface area contributed by atoms with Crippen LogP contribution in [0.15, 0.2) is 24.3 Å². The number of carboxylic acid groups (broad SMARTS) is 1. The maximum atomic E-state index is 11.2. The van der Waals surface area contributed by atoms with Gasteiger partial charge in [-0.15, -0.1) is 0 Å². The molecule has 0 aromatic heterocycles. The van der Waals surface area contributed by atoms with Crippen LogP contribution in [0.25, 0.3) is 0 Å². The zero-order chi connectivity index (χ0) is 13.1. The number of rotatable bonds is 3. The van der Waals surface area contributed by atoms with Crippen molar-refractivity contribution in [3.8, 4) is 0 Å². The van der Waals surface area contributed by atoms with Crippen LogP contribution in [0.5, 0.6) is 0 Å². The van der Waals surface area contributed by atoms with E-state index in [2.05, 4.69) is 0 Å². The summed E-state index contributed by atoms with van der Waals surface area (Å²) in [5, 5.41) is 18.4. The summed E-state index contributed by atoms with van der Waals surface area (Å²) < 4.78 is 5.45. The quantitative estimate of drug-likeness (QED) is 0.837. The molecule has 1 aromatic carbocycles. The standard InChI is InChI=1S/C13H17NO4/c1-9-8-18-10(7-15)6-14(9)12-5-3-2-4-11(12)13(16)17/h2-5,9-10,15H,6-8H2,1H3,(H,16,17). The average molecular weight is 251 g/mol. The van der Waals surface area contributed by atoms with E-state index in [1.165, 1.54) is 0 Å². The van der Waals surface area contributed by atoms with Gasteiger partial charge in [0.25, 0.3) is 0 Å². The topological polar surface area (TPSA) is 70.0 Å². The highest BCUT2D eigenvalue weighted by Gasteiger charge is 2.28. The third-order valence-electron chi connectivity index (χ3n) is 3.15. The second-order valence-corrected chi connectivity index (χ2v) is 4.46. The molecule has 1 aliphatic rings. The predicted molar refractivity (Wildman–Crippen MR) is 67.0 cm³/mol. The Hall–Kier alpha value is -1.59. The Morgan fingerprint density at radius 1 is 1.50 bits per heavy atom. The third-order valence-corrected chi connectivity index (χ3v) is 3.15. The monoisotopic (exact) mass is 251 g/mol. The van der Waals surface area contributed by atoms with E-state index in [-0.39, 0.29) is 24.3 Å². The van der Waals surface area contributed by atoms with Gasteiger partial charge >= 0.3 is 5.97 Å². The van der Waals surface area contributed by atoms with E-state index in [1.807, 2.05) is 17.9 Å². The summed E-state index contributed by atoms with van der Waals surface area (Å²) in [6, 6.07) is 7.00. The van der Waals surface area contributed by atoms with Gasteiger partial charge in [0.05, 0.1) is 30.6 Å². The molecule has 1 saturated heterocycles. The van der Waals surface area contributed by atoms with Crippen LogP contribution < -0.4 is 4.90 Å². The highest BCUT2D eigenvalue weighted by atomic mass is 16.5. The fourth-order valence-corrected chi connectivity index (χ4v) is 2.17. The first-order chi connectivity index (χ1) is 8.63. The van der Waals surface area contributed by atoms with Crippen LogP contribution in [0.4, 0.5) is 5.69 Å². The molecule has 2 N–H and O–H groups in total. The fourth-order valence-electron chi connectivity index (χ4n) is 2.17. The van der Waals surface area contributed by atoms with Crippen molar-refractivity contribution < 1.29 is 19.7 Å². The SMILES string of the molecule is CC1COC(CO)CN1c1ccccc1C(=O)O. The Balaban J connectivity index is 2.31. The van der Waals surface area contributed by atoms with Crippen molar-refractivity contribution in [3.63, 3.8) is 0 Å². The maximum absolute atomic E-state index is 11.2. The van der Waals surface area contributed by atoms with Crippen LogP contribution in [-0.4, -0.2) is 48.1 Å². The van der Waals surface area contributed by atoms with Crippen LogP contribution >= 0.6 is 0 Å². The number of ether oxygens (including phenoxy) is 1. The lowest BCUT2D eigenvalue weighted by Gasteiger charge is -2.39. The minimum Gasteiger partial charge on any atom is -0.478 e. The summed E-state index contributed by atoms with van der Waals surface area (Å²) in [5.41, 5.74) is 0.960. The van der Waals surface area contributed by atoms with Crippen molar-refractivity contribution in [1.29, 1.82) is 0 Å². The summed E-state index contributed by atoms with van der Waals surface area (Å²) in [6.45, 7) is 2.91. The van der Waals surface area contributed by atoms with E-state index in [4.69, 9.17) is 9.84 Å². The molecule has 5 heteroatoms. The number of benzene rings is 1. The molecule has 18 heavy (non-hydrogen) atoms. The molecule has 0 saturated carbocycles. The lowest BCUT2D eigenvalue weighted by Crippen LogP contribution is -2.50. The molecule has 1 fully saturated rings.